The Bertz CT molecular complexity index is 532. The average molecular weight is 317 g/mol. The Balaban J connectivity index is 2.15. The van der Waals surface area contributed by atoms with Gasteiger partial charge >= 0.3 is 0 Å². The predicted octanol–water partition coefficient (Wildman–Crippen LogP) is 1.28. The second-order valence-corrected chi connectivity index (χ2v) is 6.74. The van der Waals surface area contributed by atoms with Gasteiger partial charge in [-0.25, -0.2) is 0 Å². The molecule has 1 aromatic carbocycles. The van der Waals surface area contributed by atoms with E-state index in [-0.39, 0.29) is 5.91 Å². The zero-order valence-electron chi connectivity index (χ0n) is 11.2. The van der Waals surface area contributed by atoms with Crippen LogP contribution in [0.5, 0.6) is 0 Å². The van der Waals surface area contributed by atoms with Gasteiger partial charge in [-0.3, -0.25) is 9.00 Å². The standard InChI is InChI=1S/C13H17ClN2O3S/c1-9(13(17)16-4-6-19-7-5-16)20(18)12-8-10(14)2-3-11(12)15/h2-3,8-9H,4-7,15H2,1H3. The number of rotatable bonds is 3. The van der Waals surface area contributed by atoms with E-state index in [0.29, 0.717) is 41.9 Å². The minimum atomic E-state index is -1.52. The van der Waals surface area contributed by atoms with Crippen LogP contribution < -0.4 is 5.73 Å². The van der Waals surface area contributed by atoms with Crippen molar-refractivity contribution in [2.24, 2.45) is 0 Å². The number of nitrogens with zero attached hydrogens (tertiary/aromatic N) is 1. The maximum absolute atomic E-state index is 12.5. The molecule has 1 heterocycles. The molecule has 20 heavy (non-hydrogen) atoms. The number of hydrogen-bond donors (Lipinski definition) is 1. The number of carbonyl (C=O) groups excluding carboxylic acids is 1. The van der Waals surface area contributed by atoms with Gasteiger partial charge in [0.1, 0.15) is 5.25 Å². The molecule has 0 aromatic heterocycles. The molecule has 7 heteroatoms. The number of hydrogen-bond acceptors (Lipinski definition) is 4. The van der Waals surface area contributed by atoms with E-state index in [0.717, 1.165) is 0 Å². The third-order valence-electron chi connectivity index (χ3n) is 3.18. The van der Waals surface area contributed by atoms with E-state index in [2.05, 4.69) is 0 Å². The Labute approximate surface area is 125 Å². The molecule has 2 atom stereocenters. The summed E-state index contributed by atoms with van der Waals surface area (Å²) in [6, 6.07) is 4.78. The van der Waals surface area contributed by atoms with Crippen molar-refractivity contribution in [3.8, 4) is 0 Å². The third-order valence-corrected chi connectivity index (χ3v) is 5.05. The molecule has 2 N–H and O–H groups in total. The van der Waals surface area contributed by atoms with Gasteiger partial charge in [-0.15, -0.1) is 0 Å². The highest BCUT2D eigenvalue weighted by atomic mass is 35.5. The first-order valence-corrected chi connectivity index (χ1v) is 7.92. The molecule has 2 rings (SSSR count). The van der Waals surface area contributed by atoms with E-state index >= 15 is 0 Å². The van der Waals surface area contributed by atoms with Gasteiger partial charge in [0, 0.05) is 23.8 Å². The molecule has 0 aliphatic carbocycles. The number of ether oxygens (including phenoxy) is 1. The van der Waals surface area contributed by atoms with Crippen LogP contribution in [-0.4, -0.2) is 46.6 Å². The lowest BCUT2D eigenvalue weighted by atomic mass is 10.3. The van der Waals surface area contributed by atoms with Gasteiger partial charge in [0.2, 0.25) is 5.91 Å². The van der Waals surface area contributed by atoms with Gasteiger partial charge in [0.25, 0.3) is 0 Å². The summed E-state index contributed by atoms with van der Waals surface area (Å²) in [6.07, 6.45) is 0. The smallest absolute Gasteiger partial charge is 0.238 e. The Kier molecular flexibility index (Phi) is 5.01. The van der Waals surface area contributed by atoms with Crippen LogP contribution in [0, 0.1) is 0 Å². The van der Waals surface area contributed by atoms with Gasteiger partial charge in [-0.05, 0) is 25.1 Å². The largest absolute Gasteiger partial charge is 0.398 e. The van der Waals surface area contributed by atoms with Crippen molar-refractivity contribution in [2.45, 2.75) is 17.1 Å². The molecule has 1 amide bonds. The van der Waals surface area contributed by atoms with E-state index in [1.807, 2.05) is 0 Å². The number of carbonyl (C=O) groups is 1. The first-order chi connectivity index (χ1) is 9.50. The Hall–Kier alpha value is -1.11. The van der Waals surface area contributed by atoms with Crippen LogP contribution in [0.3, 0.4) is 0 Å². The number of anilines is 1. The highest BCUT2D eigenvalue weighted by Gasteiger charge is 2.28. The fourth-order valence-electron chi connectivity index (χ4n) is 2.01. The van der Waals surface area contributed by atoms with Crippen LogP contribution in [0.15, 0.2) is 23.1 Å². The summed E-state index contributed by atoms with van der Waals surface area (Å²) in [6.45, 7) is 3.75. The molecule has 0 saturated carbocycles. The van der Waals surface area contributed by atoms with Crippen LogP contribution in [0.4, 0.5) is 5.69 Å². The minimum Gasteiger partial charge on any atom is -0.398 e. The summed E-state index contributed by atoms with van der Waals surface area (Å²) >= 11 is 5.89. The molecule has 110 valence electrons. The second-order valence-electron chi connectivity index (χ2n) is 4.56. The molecule has 1 fully saturated rings. The molecule has 1 aliphatic rings. The van der Waals surface area contributed by atoms with E-state index in [1.54, 1.807) is 30.0 Å². The molecule has 5 nitrogen and oxygen atoms in total. The normalized spacial score (nSPS) is 18.6. The molecule has 0 bridgehead atoms. The van der Waals surface area contributed by atoms with Crippen molar-refractivity contribution in [2.75, 3.05) is 32.0 Å². The van der Waals surface area contributed by atoms with Crippen molar-refractivity contribution in [1.29, 1.82) is 0 Å². The topological polar surface area (TPSA) is 72.6 Å². The van der Waals surface area contributed by atoms with E-state index in [9.17, 15) is 9.00 Å². The summed E-state index contributed by atoms with van der Waals surface area (Å²) in [4.78, 5) is 14.4. The van der Waals surface area contributed by atoms with Gasteiger partial charge in [-0.2, -0.15) is 0 Å². The average Bonchev–Trinajstić information content (AvgIpc) is 2.48. The van der Waals surface area contributed by atoms with Gasteiger partial charge < -0.3 is 15.4 Å². The number of morpholine rings is 1. The summed E-state index contributed by atoms with van der Waals surface area (Å²) in [5, 5.41) is -0.206. The number of nitrogen functional groups attached to an aromatic ring is 1. The molecule has 2 unspecified atom stereocenters. The summed E-state index contributed by atoms with van der Waals surface area (Å²) in [5.41, 5.74) is 6.19. The summed E-state index contributed by atoms with van der Waals surface area (Å²) in [7, 11) is -1.52. The highest BCUT2D eigenvalue weighted by molar-refractivity contribution is 7.86. The zero-order valence-corrected chi connectivity index (χ0v) is 12.7. The first-order valence-electron chi connectivity index (χ1n) is 6.33. The summed E-state index contributed by atoms with van der Waals surface area (Å²) < 4.78 is 17.7. The van der Waals surface area contributed by atoms with Crippen LogP contribution in [0.2, 0.25) is 5.02 Å². The van der Waals surface area contributed by atoms with Crippen molar-refractivity contribution in [3.05, 3.63) is 23.2 Å². The number of amides is 1. The maximum Gasteiger partial charge on any atom is 0.238 e. The molecule has 0 spiro atoms. The van der Waals surface area contributed by atoms with Crippen LogP contribution in [0.25, 0.3) is 0 Å². The SMILES string of the molecule is CC(C(=O)N1CCOCC1)S(=O)c1cc(Cl)ccc1N. The number of nitrogens with two attached hydrogens (primary N) is 1. The van der Waals surface area contributed by atoms with Gasteiger partial charge in [0.15, 0.2) is 0 Å². The van der Waals surface area contributed by atoms with E-state index < -0.39 is 16.0 Å². The Morgan fingerprint density at radius 3 is 2.75 bits per heavy atom. The van der Waals surface area contributed by atoms with Crippen molar-refractivity contribution >= 4 is 34.0 Å². The Morgan fingerprint density at radius 1 is 1.45 bits per heavy atom. The molecule has 1 aromatic rings. The monoisotopic (exact) mass is 316 g/mol. The second kappa shape index (κ2) is 6.56. The zero-order chi connectivity index (χ0) is 14.7. The lowest BCUT2D eigenvalue weighted by Crippen LogP contribution is -2.46. The van der Waals surface area contributed by atoms with E-state index in [1.165, 1.54) is 0 Å². The molecule has 1 saturated heterocycles. The molecule has 0 radical (unpaired) electrons. The molecular formula is C13H17ClN2O3S. The third kappa shape index (κ3) is 3.31. The Morgan fingerprint density at radius 2 is 2.10 bits per heavy atom. The van der Waals surface area contributed by atoms with E-state index in [4.69, 9.17) is 22.1 Å². The minimum absolute atomic E-state index is 0.147. The lowest BCUT2D eigenvalue weighted by molar-refractivity contribution is -0.134. The number of benzene rings is 1. The summed E-state index contributed by atoms with van der Waals surface area (Å²) in [5.74, 6) is -0.147. The predicted molar refractivity (Wildman–Crippen MR) is 79.1 cm³/mol. The lowest BCUT2D eigenvalue weighted by Gasteiger charge is -2.29. The molecule has 1 aliphatic heterocycles. The van der Waals surface area contributed by atoms with Crippen LogP contribution in [0.1, 0.15) is 6.92 Å². The van der Waals surface area contributed by atoms with Gasteiger partial charge in [0.05, 0.1) is 28.9 Å². The first kappa shape index (κ1) is 15.3. The quantitative estimate of drug-likeness (QED) is 0.853. The fraction of sp³-hybridized carbons (Fsp3) is 0.462. The van der Waals surface area contributed by atoms with Crippen molar-refractivity contribution < 1.29 is 13.7 Å². The maximum atomic E-state index is 12.5. The molecular weight excluding hydrogens is 300 g/mol. The van der Waals surface area contributed by atoms with Gasteiger partial charge in [-0.1, -0.05) is 11.6 Å². The van der Waals surface area contributed by atoms with Crippen LogP contribution >= 0.6 is 11.6 Å². The highest BCUT2D eigenvalue weighted by Crippen LogP contribution is 2.24. The van der Waals surface area contributed by atoms with Crippen molar-refractivity contribution in [3.63, 3.8) is 0 Å². The van der Waals surface area contributed by atoms with Crippen molar-refractivity contribution in [1.82, 2.24) is 4.90 Å². The number of halogens is 1. The fourth-order valence-corrected chi connectivity index (χ4v) is 3.50. The van der Waals surface area contributed by atoms with Crippen LogP contribution in [-0.2, 0) is 20.3 Å².